The van der Waals surface area contributed by atoms with Gasteiger partial charge in [0.2, 0.25) is 0 Å². The number of hydrogen-bond donors (Lipinski definition) is 0. The molecule has 0 aliphatic carbocycles. The Morgan fingerprint density at radius 3 is 1.46 bits per heavy atom. The van der Waals surface area contributed by atoms with Crippen LogP contribution in [0, 0.1) is 35.8 Å². The zero-order valence-electron chi connectivity index (χ0n) is 27.7. The maximum absolute atomic E-state index is 9.37. The molecule has 8 heteroatoms. The highest BCUT2D eigenvalue weighted by molar-refractivity contribution is 7.35. The fourth-order valence-corrected chi connectivity index (χ4v) is 10.9. The van der Waals surface area contributed by atoms with Crippen LogP contribution in [0.3, 0.4) is 0 Å². The van der Waals surface area contributed by atoms with Crippen LogP contribution in [-0.2, 0) is 12.8 Å². The zero-order chi connectivity index (χ0) is 35.0. The summed E-state index contributed by atoms with van der Waals surface area (Å²) in [7, 11) is 0. The fourth-order valence-electron chi connectivity index (χ4n) is 5.80. The summed E-state index contributed by atoms with van der Waals surface area (Å²) >= 11 is 6.80. The van der Waals surface area contributed by atoms with Gasteiger partial charge in [0, 0.05) is 36.7 Å². The number of nitrogens with zero attached hydrogens (tertiary/aromatic N) is 4. The van der Waals surface area contributed by atoms with Gasteiger partial charge in [0.25, 0.3) is 0 Å². The lowest BCUT2D eigenvalue weighted by atomic mass is 9.99. The molecule has 0 spiro atoms. The van der Waals surface area contributed by atoms with Gasteiger partial charge in [-0.25, -0.2) is 0 Å². The van der Waals surface area contributed by atoms with Crippen LogP contribution in [0.1, 0.15) is 60.4 Å². The van der Waals surface area contributed by atoms with E-state index >= 15 is 0 Å². The molecule has 0 saturated heterocycles. The minimum atomic E-state index is 0.0598. The van der Waals surface area contributed by atoms with Gasteiger partial charge in [-0.2, -0.15) is 20.2 Å². The lowest BCUT2D eigenvalue weighted by molar-refractivity contribution is 0.795. The average molecular weight is 721 g/mol. The molecular formula is C42H32N4S4. The second-order valence-corrected chi connectivity index (χ2v) is 16.1. The summed E-state index contributed by atoms with van der Waals surface area (Å²) in [6.07, 6.45) is 10.1. The molecular weight excluding hydrogens is 689 g/mol. The topological polar surface area (TPSA) is 56.3 Å². The predicted molar refractivity (Wildman–Crippen MR) is 215 cm³/mol. The Labute approximate surface area is 309 Å². The summed E-state index contributed by atoms with van der Waals surface area (Å²) in [4.78, 5) is 13.1. The van der Waals surface area contributed by atoms with Crippen LogP contribution in [0.5, 0.6) is 0 Å². The smallest absolute Gasteiger partial charge is 0.192 e. The Morgan fingerprint density at radius 1 is 0.620 bits per heavy atom. The third-order valence-electron chi connectivity index (χ3n) is 8.38. The number of hydrogen-bond acceptors (Lipinski definition) is 6. The van der Waals surface area contributed by atoms with E-state index in [1.165, 1.54) is 41.4 Å². The average Bonchev–Trinajstić information content (AvgIpc) is 3.95. The van der Waals surface area contributed by atoms with Crippen LogP contribution < -0.4 is 0 Å². The molecule has 6 rings (SSSR count). The molecule has 0 atom stereocenters. The Balaban J connectivity index is 1.59. The maximum atomic E-state index is 9.37. The van der Waals surface area contributed by atoms with E-state index in [0.717, 1.165) is 69.2 Å². The highest BCUT2D eigenvalue weighted by Crippen LogP contribution is 2.56. The molecule has 6 aromatic rings. The second kappa shape index (κ2) is 16.1. The largest absolute Gasteiger partial charge is 0.520 e. The predicted octanol–water partition coefficient (Wildman–Crippen LogP) is 14.0. The van der Waals surface area contributed by atoms with Crippen molar-refractivity contribution in [1.29, 1.82) is 10.5 Å². The zero-order valence-corrected chi connectivity index (χ0v) is 31.0. The molecule has 0 amide bonds. The number of fused-ring (bicyclic) bond motifs is 1. The number of unbranched alkanes of at least 4 members (excludes halogenated alkanes) is 2. The Kier molecular flexibility index (Phi) is 11.2. The normalized spacial score (nSPS) is 10.6. The van der Waals surface area contributed by atoms with Crippen molar-refractivity contribution >= 4 is 66.9 Å². The van der Waals surface area contributed by atoms with Crippen LogP contribution in [0.2, 0.25) is 0 Å². The number of nitriles is 2. The summed E-state index contributed by atoms with van der Waals surface area (Å²) < 4.78 is 2.44. The van der Waals surface area contributed by atoms with E-state index < -0.39 is 0 Å². The Bertz CT molecular complexity index is 2180. The lowest BCUT2D eigenvalue weighted by Gasteiger charge is -2.07. The molecule has 0 unspecified atom stereocenters. The van der Waals surface area contributed by atoms with Gasteiger partial charge in [0.05, 0.1) is 19.2 Å². The standard InChI is InChI=1S/C42H32N4S4/c1-5-7-9-27-11-15-30(16-12-27)37-39(34-21-19-32(47-34)23-29(25-43)26-44)49-42-38(31-17-13-28(14-18-31)10-8-6-2)40(50-41(37)42)35-22-20-33(48-35)24-36(45-3)46-4/h11-24H,5-10H2,1-2H3. The molecule has 4 nitrogen and oxygen atoms in total. The quantitative estimate of drug-likeness (QED) is 0.0933. The van der Waals surface area contributed by atoms with Gasteiger partial charge in [-0.15, -0.1) is 45.3 Å². The van der Waals surface area contributed by atoms with Crippen molar-refractivity contribution < 1.29 is 0 Å². The number of aryl methyl sites for hydroxylation is 2. The molecule has 4 aromatic heterocycles. The number of thiophene rings is 4. The molecule has 244 valence electrons. The van der Waals surface area contributed by atoms with Gasteiger partial charge in [-0.05, 0) is 78.3 Å². The molecule has 4 heterocycles. The van der Waals surface area contributed by atoms with Crippen molar-refractivity contribution in [3.63, 3.8) is 0 Å². The summed E-state index contributed by atoms with van der Waals surface area (Å²) in [6, 6.07) is 30.2. The SMILES string of the molecule is [C-]#[N+]C(=Cc1ccc(-c2sc3c(-c4ccc(CCCC)cc4)c(-c4ccc(C=C(C#N)C#N)s4)sc3c2-c2ccc(CCCC)cc2)s1)[N+]#[C-]. The van der Waals surface area contributed by atoms with E-state index in [2.05, 4.69) is 84.2 Å². The van der Waals surface area contributed by atoms with Crippen molar-refractivity contribution in [1.82, 2.24) is 0 Å². The molecule has 50 heavy (non-hydrogen) atoms. The second-order valence-electron chi connectivity index (χ2n) is 11.8. The fraction of sp³-hybridized carbons (Fsp3) is 0.190. The highest BCUT2D eigenvalue weighted by Gasteiger charge is 2.26. The van der Waals surface area contributed by atoms with E-state index in [-0.39, 0.29) is 11.4 Å². The molecule has 2 aromatic carbocycles. The van der Waals surface area contributed by atoms with Crippen LogP contribution in [0.4, 0.5) is 0 Å². The number of benzene rings is 2. The van der Waals surface area contributed by atoms with Gasteiger partial charge in [0.15, 0.2) is 0 Å². The van der Waals surface area contributed by atoms with Crippen molar-refractivity contribution in [2.45, 2.75) is 52.4 Å². The molecule has 0 bridgehead atoms. The molecule has 0 radical (unpaired) electrons. The third-order valence-corrected chi connectivity index (χ3v) is 13.3. The first kappa shape index (κ1) is 34.8. The van der Waals surface area contributed by atoms with Crippen molar-refractivity contribution in [2.24, 2.45) is 0 Å². The molecule has 0 fully saturated rings. The Hall–Kier alpha value is -5.06. The summed E-state index contributed by atoms with van der Waals surface area (Å²) in [5.41, 5.74) is 7.48. The minimum Gasteiger partial charge on any atom is -0.192 e. The number of rotatable bonds is 12. The first-order valence-corrected chi connectivity index (χ1v) is 19.7. The van der Waals surface area contributed by atoms with Gasteiger partial charge >= 0.3 is 5.82 Å². The molecule has 0 saturated carbocycles. The van der Waals surface area contributed by atoms with Gasteiger partial charge in [-0.1, -0.05) is 75.2 Å². The van der Waals surface area contributed by atoms with Crippen molar-refractivity contribution in [3.8, 4) is 53.9 Å². The van der Waals surface area contributed by atoms with Crippen molar-refractivity contribution in [3.05, 3.63) is 128 Å². The van der Waals surface area contributed by atoms with Crippen LogP contribution in [0.15, 0.2) is 84.2 Å². The molecule has 0 N–H and O–H groups in total. The van der Waals surface area contributed by atoms with E-state index in [1.54, 1.807) is 57.5 Å². The minimum absolute atomic E-state index is 0.0598. The van der Waals surface area contributed by atoms with Crippen LogP contribution in [-0.4, -0.2) is 0 Å². The van der Waals surface area contributed by atoms with Gasteiger partial charge in [0.1, 0.15) is 30.9 Å². The van der Waals surface area contributed by atoms with E-state index in [9.17, 15) is 10.5 Å². The van der Waals surface area contributed by atoms with E-state index in [1.807, 2.05) is 24.3 Å². The monoisotopic (exact) mass is 720 g/mol. The highest BCUT2D eigenvalue weighted by atomic mass is 32.1. The Morgan fingerprint density at radius 2 is 1.06 bits per heavy atom. The first-order valence-electron chi connectivity index (χ1n) is 16.5. The molecule has 0 aliphatic heterocycles. The van der Waals surface area contributed by atoms with E-state index in [0.29, 0.717) is 0 Å². The summed E-state index contributed by atoms with van der Waals surface area (Å²) in [5, 5.41) is 18.7. The first-order chi connectivity index (χ1) is 24.5. The third kappa shape index (κ3) is 7.41. The van der Waals surface area contributed by atoms with Gasteiger partial charge < -0.3 is 0 Å². The summed E-state index contributed by atoms with van der Waals surface area (Å²) in [6.45, 7) is 19.1. The van der Waals surface area contributed by atoms with Gasteiger partial charge in [-0.3, -0.25) is 0 Å². The van der Waals surface area contributed by atoms with Crippen LogP contribution in [0.25, 0.3) is 73.0 Å². The maximum Gasteiger partial charge on any atom is 0.520 e. The summed E-state index contributed by atoms with van der Waals surface area (Å²) in [5.74, 6) is 0.0598. The van der Waals surface area contributed by atoms with E-state index in [4.69, 9.17) is 13.1 Å². The lowest BCUT2D eigenvalue weighted by Crippen LogP contribution is -1.85. The number of allylic oxidation sites excluding steroid dienone is 1. The van der Waals surface area contributed by atoms with Crippen molar-refractivity contribution in [2.75, 3.05) is 0 Å². The van der Waals surface area contributed by atoms with Crippen LogP contribution >= 0.6 is 45.3 Å². The molecule has 0 aliphatic rings.